The van der Waals surface area contributed by atoms with E-state index in [0.717, 1.165) is 85.4 Å². The minimum atomic E-state index is -0.0838. The van der Waals surface area contributed by atoms with E-state index in [1.807, 2.05) is 12.1 Å². The van der Waals surface area contributed by atoms with E-state index in [1.54, 1.807) is 7.11 Å². The molecule has 8 rings (SSSR count). The van der Waals surface area contributed by atoms with Crippen LogP contribution in [0, 0.1) is 24.2 Å². The third-order valence-electron chi connectivity index (χ3n) is 10.6. The summed E-state index contributed by atoms with van der Waals surface area (Å²) in [6.45, 7) is 10.5. The molecule has 8 nitrogen and oxygen atoms in total. The zero-order chi connectivity index (χ0) is 33.5. The molecule has 2 atom stereocenters. The van der Waals surface area contributed by atoms with Gasteiger partial charge < -0.3 is 13.9 Å². The Labute approximate surface area is 288 Å². The van der Waals surface area contributed by atoms with Gasteiger partial charge in [-0.2, -0.15) is 10.2 Å². The lowest BCUT2D eigenvalue weighted by Gasteiger charge is -2.19. The molecule has 0 saturated carbocycles. The number of hydrogen-bond acceptors (Lipinski definition) is 8. The average molecular weight is 654 g/mol. The zero-order valence-electron chi connectivity index (χ0n) is 28.7. The van der Waals surface area contributed by atoms with Crippen LogP contribution in [0.3, 0.4) is 0 Å². The highest BCUT2D eigenvalue weighted by atomic mass is 16.5. The molecule has 2 aliphatic heterocycles. The Morgan fingerprint density at radius 2 is 1.73 bits per heavy atom. The maximum absolute atomic E-state index is 10.0. The number of fused-ring (bicyclic) bond motifs is 2. The van der Waals surface area contributed by atoms with Crippen molar-refractivity contribution in [1.29, 1.82) is 5.26 Å². The number of nitriles is 1. The maximum atomic E-state index is 10.0. The normalized spacial score (nSPS) is 19.4. The molecule has 49 heavy (non-hydrogen) atoms. The van der Waals surface area contributed by atoms with E-state index >= 15 is 0 Å². The van der Waals surface area contributed by atoms with Gasteiger partial charge in [0.05, 0.1) is 12.7 Å². The summed E-state index contributed by atoms with van der Waals surface area (Å²) in [7, 11) is 1.68. The van der Waals surface area contributed by atoms with E-state index < -0.39 is 0 Å². The van der Waals surface area contributed by atoms with Gasteiger partial charge in [-0.1, -0.05) is 37.3 Å². The first-order valence-corrected chi connectivity index (χ1v) is 17.7. The first kappa shape index (κ1) is 31.6. The molecule has 5 aromatic rings. The number of hydrogen-bond donors (Lipinski definition) is 0. The second-order valence-corrected chi connectivity index (χ2v) is 14.0. The molecular weight excluding hydrogens is 610 g/mol. The highest BCUT2D eigenvalue weighted by molar-refractivity contribution is 5.85. The third-order valence-corrected chi connectivity index (χ3v) is 10.6. The number of methoxy groups -OCH3 is 1. The van der Waals surface area contributed by atoms with E-state index in [2.05, 4.69) is 78.2 Å². The summed E-state index contributed by atoms with van der Waals surface area (Å²) in [5.41, 5.74) is 10.9. The SMILES string of the molecule is COc1nc(O[C@@H]2CCc3c(-c4cccc(-c5nc6cc(CN7CC[C@@H](C)C7)cc(C#N)c6o5)c4C)cccc32)ccc1CN1CCCC1. The minimum absolute atomic E-state index is 0.0838. The van der Waals surface area contributed by atoms with E-state index in [9.17, 15) is 5.26 Å². The molecule has 3 aromatic carbocycles. The Morgan fingerprint density at radius 3 is 2.53 bits per heavy atom. The lowest BCUT2D eigenvalue weighted by atomic mass is 9.91. The van der Waals surface area contributed by atoms with Crippen LogP contribution in [0.15, 0.2) is 65.1 Å². The van der Waals surface area contributed by atoms with Gasteiger partial charge in [0.2, 0.25) is 17.7 Å². The predicted molar refractivity (Wildman–Crippen MR) is 190 cm³/mol. The number of oxazole rings is 1. The molecule has 8 heteroatoms. The molecule has 4 heterocycles. The molecule has 2 fully saturated rings. The Kier molecular flexibility index (Phi) is 8.57. The van der Waals surface area contributed by atoms with Crippen molar-refractivity contribution in [2.24, 2.45) is 5.92 Å². The second-order valence-electron chi connectivity index (χ2n) is 14.0. The maximum Gasteiger partial charge on any atom is 0.227 e. The van der Waals surface area contributed by atoms with Crippen molar-refractivity contribution in [3.63, 3.8) is 0 Å². The van der Waals surface area contributed by atoms with Gasteiger partial charge in [-0.15, -0.1) is 0 Å². The van der Waals surface area contributed by atoms with Gasteiger partial charge in [-0.25, -0.2) is 4.98 Å². The number of benzene rings is 3. The molecule has 0 amide bonds. The fraction of sp³-hybridized carbons (Fsp3) is 0.390. The summed E-state index contributed by atoms with van der Waals surface area (Å²) in [5.74, 6) is 2.48. The van der Waals surface area contributed by atoms with Crippen molar-refractivity contribution in [3.8, 4) is 40.4 Å². The van der Waals surface area contributed by atoms with E-state index in [1.165, 1.54) is 36.0 Å². The molecule has 0 radical (unpaired) electrons. The van der Waals surface area contributed by atoms with E-state index in [0.29, 0.717) is 34.7 Å². The summed E-state index contributed by atoms with van der Waals surface area (Å²) in [6, 6.07) is 23.3. The molecule has 0 unspecified atom stereocenters. The van der Waals surface area contributed by atoms with Gasteiger partial charge in [0, 0.05) is 36.8 Å². The van der Waals surface area contributed by atoms with Crippen LogP contribution in [-0.4, -0.2) is 53.1 Å². The van der Waals surface area contributed by atoms with Crippen LogP contribution in [-0.2, 0) is 19.5 Å². The molecular formula is C41H43N5O3. The lowest BCUT2D eigenvalue weighted by Crippen LogP contribution is -2.19. The number of pyridine rings is 1. The summed E-state index contributed by atoms with van der Waals surface area (Å²) >= 11 is 0. The highest BCUT2D eigenvalue weighted by Crippen LogP contribution is 2.42. The molecule has 1 aliphatic carbocycles. The van der Waals surface area contributed by atoms with Crippen LogP contribution >= 0.6 is 0 Å². The molecule has 0 N–H and O–H groups in total. The smallest absolute Gasteiger partial charge is 0.227 e. The number of rotatable bonds is 9. The minimum Gasteiger partial charge on any atom is -0.481 e. The Morgan fingerprint density at radius 1 is 0.918 bits per heavy atom. The zero-order valence-corrected chi connectivity index (χ0v) is 28.7. The molecule has 2 aromatic heterocycles. The number of likely N-dealkylation sites (tertiary alicyclic amines) is 2. The second kappa shape index (κ2) is 13.3. The van der Waals surface area contributed by atoms with Crippen molar-refractivity contribution in [2.75, 3.05) is 33.3 Å². The van der Waals surface area contributed by atoms with Crippen molar-refractivity contribution in [2.45, 2.75) is 65.1 Å². The lowest BCUT2D eigenvalue weighted by molar-refractivity contribution is 0.196. The van der Waals surface area contributed by atoms with Gasteiger partial charge >= 0.3 is 0 Å². The van der Waals surface area contributed by atoms with Gasteiger partial charge in [-0.05, 0) is 122 Å². The quantitative estimate of drug-likeness (QED) is 0.157. The highest BCUT2D eigenvalue weighted by Gasteiger charge is 2.28. The Hall–Kier alpha value is -4.71. The largest absolute Gasteiger partial charge is 0.481 e. The van der Waals surface area contributed by atoms with Crippen LogP contribution in [0.2, 0.25) is 0 Å². The summed E-state index contributed by atoms with van der Waals surface area (Å²) in [6.07, 6.45) is 5.43. The Bertz CT molecular complexity index is 2060. The van der Waals surface area contributed by atoms with Crippen molar-refractivity contribution in [3.05, 3.63) is 94.0 Å². The summed E-state index contributed by atoms with van der Waals surface area (Å²) < 4.78 is 18.6. The summed E-state index contributed by atoms with van der Waals surface area (Å²) in [5, 5.41) is 10.0. The third kappa shape index (κ3) is 6.18. The van der Waals surface area contributed by atoms with Gasteiger partial charge in [0.25, 0.3) is 0 Å². The van der Waals surface area contributed by atoms with E-state index in [-0.39, 0.29) is 6.10 Å². The fourth-order valence-corrected chi connectivity index (χ4v) is 8.10. The van der Waals surface area contributed by atoms with E-state index in [4.69, 9.17) is 23.9 Å². The number of nitrogens with zero attached hydrogens (tertiary/aromatic N) is 5. The van der Waals surface area contributed by atoms with Crippen LogP contribution in [0.4, 0.5) is 0 Å². The average Bonchev–Trinajstić information content (AvgIpc) is 3.94. The van der Waals surface area contributed by atoms with Crippen LogP contribution in [0.5, 0.6) is 11.8 Å². The van der Waals surface area contributed by atoms with Crippen molar-refractivity contribution < 1.29 is 13.9 Å². The summed E-state index contributed by atoms with van der Waals surface area (Å²) in [4.78, 5) is 14.6. The van der Waals surface area contributed by atoms with Gasteiger partial charge in [-0.3, -0.25) is 9.80 Å². The van der Waals surface area contributed by atoms with Crippen molar-refractivity contribution >= 4 is 11.1 Å². The number of ether oxygens (including phenoxy) is 2. The molecule has 2 saturated heterocycles. The standard InChI is InChI=1S/C41H43N5O3/c1-26-16-19-46(23-26)24-28-20-30(22-42)39-36(21-28)43-41(49-39)32-9-6-8-31(27(32)2)33-10-7-11-35-34(33)13-14-37(35)48-38-15-12-29(40(44-38)47-3)25-45-17-4-5-18-45/h6-12,15,20-21,26,37H,4-5,13-14,16-19,23-25H2,1-3H3/t26-,37-/m1/s1. The van der Waals surface area contributed by atoms with Crippen LogP contribution < -0.4 is 9.47 Å². The van der Waals surface area contributed by atoms with Crippen molar-refractivity contribution in [1.82, 2.24) is 19.8 Å². The first-order chi connectivity index (χ1) is 24.0. The molecule has 250 valence electrons. The monoisotopic (exact) mass is 653 g/mol. The Balaban J connectivity index is 1.06. The van der Waals surface area contributed by atoms with Gasteiger partial charge in [0.1, 0.15) is 17.7 Å². The molecule has 0 spiro atoms. The number of aromatic nitrogens is 2. The van der Waals surface area contributed by atoms with Crippen LogP contribution in [0.25, 0.3) is 33.7 Å². The first-order valence-electron chi connectivity index (χ1n) is 17.7. The molecule has 3 aliphatic rings. The molecule has 0 bridgehead atoms. The topological polar surface area (TPSA) is 87.7 Å². The van der Waals surface area contributed by atoms with Crippen LogP contribution in [0.1, 0.15) is 72.1 Å². The predicted octanol–water partition coefficient (Wildman–Crippen LogP) is 8.25. The fourth-order valence-electron chi connectivity index (χ4n) is 8.10. The van der Waals surface area contributed by atoms with Gasteiger partial charge in [0.15, 0.2) is 5.58 Å².